The Labute approximate surface area is 78.8 Å². The fraction of sp³-hybridized carbons (Fsp3) is 0.778. The second-order valence-electron chi connectivity index (χ2n) is 3.70. The van der Waals surface area contributed by atoms with Gasteiger partial charge in [0.25, 0.3) is 0 Å². The van der Waals surface area contributed by atoms with Crippen molar-refractivity contribution in [1.82, 2.24) is 4.90 Å². The standard InChI is InChI=1S/C9H17N3O/c1-4-5-12-7(6(2)3)8(10)11-9(12)13/h6-7H,4-5H2,1-3H3,(H2,10,11,13). The summed E-state index contributed by atoms with van der Waals surface area (Å²) in [6.45, 7) is 6.88. The molecule has 2 amide bonds. The highest BCUT2D eigenvalue weighted by atomic mass is 16.2. The highest BCUT2D eigenvalue weighted by molar-refractivity contribution is 6.02. The van der Waals surface area contributed by atoms with E-state index in [-0.39, 0.29) is 12.1 Å². The lowest BCUT2D eigenvalue weighted by Gasteiger charge is -2.26. The summed E-state index contributed by atoms with van der Waals surface area (Å²) >= 11 is 0. The van der Waals surface area contributed by atoms with Gasteiger partial charge in [0, 0.05) is 6.54 Å². The third-order valence-corrected chi connectivity index (χ3v) is 2.21. The maximum Gasteiger partial charge on any atom is 0.345 e. The molecule has 0 fully saturated rings. The summed E-state index contributed by atoms with van der Waals surface area (Å²) in [5.74, 6) is 0.801. The fourth-order valence-corrected chi connectivity index (χ4v) is 1.70. The van der Waals surface area contributed by atoms with Crippen LogP contribution >= 0.6 is 0 Å². The van der Waals surface area contributed by atoms with E-state index in [1.54, 1.807) is 4.90 Å². The lowest BCUT2D eigenvalue weighted by atomic mass is 10.0. The maximum absolute atomic E-state index is 11.3. The predicted molar refractivity (Wildman–Crippen MR) is 52.6 cm³/mol. The van der Waals surface area contributed by atoms with Crippen LogP contribution in [-0.2, 0) is 0 Å². The number of amidine groups is 1. The van der Waals surface area contributed by atoms with E-state index in [4.69, 9.17) is 5.73 Å². The van der Waals surface area contributed by atoms with Crippen molar-refractivity contribution in [1.29, 1.82) is 0 Å². The normalized spacial score (nSPS) is 22.8. The van der Waals surface area contributed by atoms with Crippen LogP contribution in [0.2, 0.25) is 0 Å². The van der Waals surface area contributed by atoms with Crippen molar-refractivity contribution in [2.45, 2.75) is 33.2 Å². The van der Waals surface area contributed by atoms with Crippen LogP contribution in [0, 0.1) is 5.92 Å². The molecule has 1 unspecified atom stereocenters. The molecule has 0 aliphatic carbocycles. The Hall–Kier alpha value is -1.06. The van der Waals surface area contributed by atoms with Gasteiger partial charge in [-0.1, -0.05) is 20.8 Å². The zero-order valence-electron chi connectivity index (χ0n) is 8.45. The molecule has 2 N–H and O–H groups in total. The molecule has 1 aliphatic rings. The Kier molecular flexibility index (Phi) is 2.90. The molecule has 0 aromatic rings. The van der Waals surface area contributed by atoms with Crippen LogP contribution in [0.5, 0.6) is 0 Å². The van der Waals surface area contributed by atoms with Crippen LogP contribution in [-0.4, -0.2) is 29.4 Å². The van der Waals surface area contributed by atoms with E-state index >= 15 is 0 Å². The molecule has 1 atom stereocenters. The summed E-state index contributed by atoms with van der Waals surface area (Å²) in [7, 11) is 0. The number of carbonyl (C=O) groups is 1. The number of urea groups is 1. The minimum atomic E-state index is -0.182. The monoisotopic (exact) mass is 183 g/mol. The Morgan fingerprint density at radius 3 is 2.69 bits per heavy atom. The van der Waals surface area contributed by atoms with Crippen molar-refractivity contribution in [2.75, 3.05) is 6.54 Å². The van der Waals surface area contributed by atoms with Crippen molar-refractivity contribution in [3.63, 3.8) is 0 Å². The zero-order chi connectivity index (χ0) is 10.0. The molecule has 0 spiro atoms. The van der Waals surface area contributed by atoms with Crippen molar-refractivity contribution < 1.29 is 4.79 Å². The summed E-state index contributed by atoms with van der Waals surface area (Å²) in [4.78, 5) is 16.9. The van der Waals surface area contributed by atoms with E-state index in [1.807, 2.05) is 20.8 Å². The molecule has 1 aliphatic heterocycles. The largest absolute Gasteiger partial charge is 0.385 e. The van der Waals surface area contributed by atoms with Crippen LogP contribution in [0.1, 0.15) is 27.2 Å². The van der Waals surface area contributed by atoms with Crippen molar-refractivity contribution in [2.24, 2.45) is 16.6 Å². The molecular weight excluding hydrogens is 166 g/mol. The van der Waals surface area contributed by atoms with Gasteiger partial charge in [0.15, 0.2) is 0 Å². The first-order valence-corrected chi connectivity index (χ1v) is 4.72. The first-order valence-electron chi connectivity index (χ1n) is 4.72. The number of nitrogens with two attached hydrogens (primary N) is 1. The molecule has 0 saturated heterocycles. The summed E-state index contributed by atoms with van der Waals surface area (Å²) in [5.41, 5.74) is 5.68. The van der Waals surface area contributed by atoms with Gasteiger partial charge in [-0.25, -0.2) is 4.79 Å². The number of rotatable bonds is 3. The summed E-state index contributed by atoms with van der Waals surface area (Å²) in [6.07, 6.45) is 0.942. The molecule has 4 nitrogen and oxygen atoms in total. The fourth-order valence-electron chi connectivity index (χ4n) is 1.70. The van der Waals surface area contributed by atoms with Crippen LogP contribution in [0.3, 0.4) is 0 Å². The smallest absolute Gasteiger partial charge is 0.345 e. The highest BCUT2D eigenvalue weighted by Crippen LogP contribution is 2.18. The van der Waals surface area contributed by atoms with E-state index in [0.29, 0.717) is 11.8 Å². The van der Waals surface area contributed by atoms with Gasteiger partial charge in [-0.05, 0) is 12.3 Å². The number of nitrogens with zero attached hydrogens (tertiary/aromatic N) is 2. The van der Waals surface area contributed by atoms with Gasteiger partial charge in [0.1, 0.15) is 5.84 Å². The number of carbonyl (C=O) groups excluding carboxylic acids is 1. The van der Waals surface area contributed by atoms with Crippen LogP contribution in [0.4, 0.5) is 4.79 Å². The summed E-state index contributed by atoms with van der Waals surface area (Å²) in [6, 6.07) is -0.175. The van der Waals surface area contributed by atoms with E-state index < -0.39 is 0 Å². The quantitative estimate of drug-likeness (QED) is 0.715. The van der Waals surface area contributed by atoms with Gasteiger partial charge in [-0.15, -0.1) is 0 Å². The number of hydrogen-bond donors (Lipinski definition) is 1. The second kappa shape index (κ2) is 3.77. The summed E-state index contributed by atoms with van der Waals surface area (Å²) in [5, 5.41) is 0. The minimum Gasteiger partial charge on any atom is -0.385 e. The molecule has 1 heterocycles. The van der Waals surface area contributed by atoms with Crippen molar-refractivity contribution in [3.8, 4) is 0 Å². The molecule has 4 heteroatoms. The Balaban J connectivity index is 2.78. The average Bonchev–Trinajstić information content (AvgIpc) is 2.27. The first kappa shape index (κ1) is 10.0. The SMILES string of the molecule is CCCN1C(=O)N=C(N)C1C(C)C. The molecule has 0 saturated carbocycles. The molecule has 0 aromatic heterocycles. The van der Waals surface area contributed by atoms with Gasteiger partial charge in [-0.2, -0.15) is 4.99 Å². The molecule has 13 heavy (non-hydrogen) atoms. The van der Waals surface area contributed by atoms with Crippen molar-refractivity contribution in [3.05, 3.63) is 0 Å². The summed E-state index contributed by atoms with van der Waals surface area (Å²) < 4.78 is 0. The van der Waals surface area contributed by atoms with Gasteiger partial charge >= 0.3 is 6.03 Å². The lowest BCUT2D eigenvalue weighted by Crippen LogP contribution is -2.44. The van der Waals surface area contributed by atoms with Gasteiger partial charge in [0.05, 0.1) is 6.04 Å². The van der Waals surface area contributed by atoms with Crippen LogP contribution in [0.15, 0.2) is 4.99 Å². The van der Waals surface area contributed by atoms with Gasteiger partial charge in [-0.3, -0.25) is 0 Å². The predicted octanol–water partition coefficient (Wildman–Crippen LogP) is 1.21. The van der Waals surface area contributed by atoms with Crippen molar-refractivity contribution >= 4 is 11.9 Å². The van der Waals surface area contributed by atoms with Crippen LogP contribution < -0.4 is 5.73 Å². The molecular formula is C9H17N3O. The molecule has 0 bridgehead atoms. The molecule has 0 radical (unpaired) electrons. The minimum absolute atomic E-state index is 0.00690. The number of amides is 2. The lowest BCUT2D eigenvalue weighted by molar-refractivity contribution is 0.195. The average molecular weight is 183 g/mol. The third-order valence-electron chi connectivity index (χ3n) is 2.21. The molecule has 74 valence electrons. The second-order valence-corrected chi connectivity index (χ2v) is 3.70. The Morgan fingerprint density at radius 2 is 2.23 bits per heavy atom. The van der Waals surface area contributed by atoms with E-state index in [2.05, 4.69) is 4.99 Å². The maximum atomic E-state index is 11.3. The Bertz CT molecular complexity index is 235. The number of hydrogen-bond acceptors (Lipinski definition) is 2. The van der Waals surface area contributed by atoms with E-state index in [1.165, 1.54) is 0 Å². The van der Waals surface area contributed by atoms with E-state index in [0.717, 1.165) is 13.0 Å². The third kappa shape index (κ3) is 1.82. The van der Waals surface area contributed by atoms with E-state index in [9.17, 15) is 4.79 Å². The van der Waals surface area contributed by atoms with Gasteiger partial charge in [0.2, 0.25) is 0 Å². The molecule has 0 aromatic carbocycles. The topological polar surface area (TPSA) is 58.7 Å². The van der Waals surface area contributed by atoms with Crippen LogP contribution in [0.25, 0.3) is 0 Å². The number of aliphatic imine (C=N–C) groups is 1. The van der Waals surface area contributed by atoms with Gasteiger partial charge < -0.3 is 10.6 Å². The highest BCUT2D eigenvalue weighted by Gasteiger charge is 2.34. The Morgan fingerprint density at radius 1 is 1.62 bits per heavy atom. The molecule has 1 rings (SSSR count). The first-order chi connectivity index (χ1) is 6.07. The zero-order valence-corrected chi connectivity index (χ0v) is 8.45.